The van der Waals surface area contributed by atoms with Crippen molar-refractivity contribution >= 4 is 11.4 Å². The number of halogens is 3. The quantitative estimate of drug-likeness (QED) is 0.602. The van der Waals surface area contributed by atoms with Gasteiger partial charge in [-0.1, -0.05) is 42.8 Å². The molecule has 3 nitrogen and oxygen atoms in total. The summed E-state index contributed by atoms with van der Waals surface area (Å²) in [4.78, 5) is 26.0. The Bertz CT molecular complexity index is 1030. The molecule has 0 radical (unpaired) electrons. The first kappa shape index (κ1) is 18.9. The average molecular weight is 373 g/mol. The van der Waals surface area contributed by atoms with Crippen LogP contribution in [0, 0.1) is 6.92 Å². The van der Waals surface area contributed by atoms with E-state index in [-0.39, 0.29) is 16.9 Å². The Morgan fingerprint density at radius 1 is 0.963 bits per heavy atom. The van der Waals surface area contributed by atoms with Crippen LogP contribution in [-0.2, 0) is 6.18 Å². The average Bonchev–Trinajstić information content (AvgIpc) is 2.64. The minimum absolute atomic E-state index is 0.157. The molecule has 0 aliphatic carbocycles. The van der Waals surface area contributed by atoms with Gasteiger partial charge in [0.25, 0.3) is 5.43 Å². The first-order valence-corrected chi connectivity index (χ1v) is 8.59. The highest BCUT2D eigenvalue weighted by molar-refractivity contribution is 5.86. The lowest BCUT2D eigenvalue weighted by molar-refractivity contribution is -0.137. The van der Waals surface area contributed by atoms with Crippen molar-refractivity contribution in [1.29, 1.82) is 0 Å². The second-order valence-corrected chi connectivity index (χ2v) is 6.45. The lowest BCUT2D eigenvalue weighted by atomic mass is 9.96. The maximum Gasteiger partial charge on any atom is 0.416 e. The standard InChI is InChI=1S/C21H18F3NO2/c1-3-11-25(16-6-4-5-15(12-16)21(22,23)24)18-17(19(26)20(18)27)14-9-7-13(2)8-10-14/h4-10,12H,3,11H2,1-2H3. The Morgan fingerprint density at radius 2 is 1.63 bits per heavy atom. The summed E-state index contributed by atoms with van der Waals surface area (Å²) in [5, 5.41) is 0. The zero-order valence-electron chi connectivity index (χ0n) is 14.9. The van der Waals surface area contributed by atoms with Crippen molar-refractivity contribution in [1.82, 2.24) is 0 Å². The zero-order chi connectivity index (χ0) is 19.8. The van der Waals surface area contributed by atoms with Crippen LogP contribution in [0.15, 0.2) is 58.1 Å². The minimum Gasteiger partial charge on any atom is -0.338 e. The Labute approximate surface area is 154 Å². The van der Waals surface area contributed by atoms with E-state index in [2.05, 4.69) is 0 Å². The van der Waals surface area contributed by atoms with E-state index in [1.165, 1.54) is 17.0 Å². The molecule has 0 saturated carbocycles. The van der Waals surface area contributed by atoms with Crippen molar-refractivity contribution in [2.75, 3.05) is 11.4 Å². The fraction of sp³-hybridized carbons (Fsp3) is 0.238. The van der Waals surface area contributed by atoms with Gasteiger partial charge in [-0.3, -0.25) is 9.59 Å². The van der Waals surface area contributed by atoms with Crippen LogP contribution in [0.2, 0.25) is 0 Å². The normalized spacial score (nSPS) is 11.7. The second kappa shape index (κ2) is 7.02. The van der Waals surface area contributed by atoms with E-state index in [1.807, 2.05) is 26.0 Å². The van der Waals surface area contributed by atoms with Crippen LogP contribution in [0.1, 0.15) is 24.5 Å². The van der Waals surface area contributed by atoms with E-state index < -0.39 is 22.6 Å². The topological polar surface area (TPSA) is 37.4 Å². The van der Waals surface area contributed by atoms with E-state index >= 15 is 0 Å². The maximum atomic E-state index is 13.1. The summed E-state index contributed by atoms with van der Waals surface area (Å²) in [7, 11) is 0. The van der Waals surface area contributed by atoms with Crippen molar-refractivity contribution in [3.05, 3.63) is 80.1 Å². The van der Waals surface area contributed by atoms with E-state index in [1.54, 1.807) is 12.1 Å². The summed E-state index contributed by atoms with van der Waals surface area (Å²) in [6.07, 6.45) is -3.89. The molecule has 0 fully saturated rings. The van der Waals surface area contributed by atoms with Gasteiger partial charge in [0, 0.05) is 12.2 Å². The van der Waals surface area contributed by atoms with Crippen LogP contribution in [0.3, 0.4) is 0 Å². The van der Waals surface area contributed by atoms with Gasteiger partial charge in [-0.2, -0.15) is 13.2 Å². The molecular formula is C21H18F3NO2. The molecular weight excluding hydrogens is 355 g/mol. The molecule has 3 aromatic rings. The summed E-state index contributed by atoms with van der Waals surface area (Å²) in [5.74, 6) is 0. The molecule has 3 aromatic carbocycles. The highest BCUT2D eigenvalue weighted by atomic mass is 19.4. The molecule has 0 spiro atoms. The molecule has 0 atom stereocenters. The highest BCUT2D eigenvalue weighted by Gasteiger charge is 2.32. The van der Waals surface area contributed by atoms with Crippen LogP contribution >= 0.6 is 0 Å². The number of benzene rings is 2. The molecule has 0 unspecified atom stereocenters. The van der Waals surface area contributed by atoms with Crippen LogP contribution in [0.5, 0.6) is 0 Å². The Kier molecular flexibility index (Phi) is 4.91. The third kappa shape index (κ3) is 3.52. The monoisotopic (exact) mass is 373 g/mol. The zero-order valence-corrected chi connectivity index (χ0v) is 14.9. The largest absolute Gasteiger partial charge is 0.416 e. The van der Waals surface area contributed by atoms with E-state index in [0.717, 1.165) is 17.7 Å². The third-order valence-corrected chi connectivity index (χ3v) is 4.43. The molecule has 0 aromatic heterocycles. The molecule has 0 heterocycles. The van der Waals surface area contributed by atoms with Gasteiger partial charge >= 0.3 is 6.18 Å². The van der Waals surface area contributed by atoms with Gasteiger partial charge in [0.05, 0.1) is 11.1 Å². The molecule has 0 N–H and O–H groups in total. The van der Waals surface area contributed by atoms with E-state index in [0.29, 0.717) is 18.5 Å². The van der Waals surface area contributed by atoms with Gasteiger partial charge in [-0.05, 0) is 37.1 Å². The third-order valence-electron chi connectivity index (χ3n) is 4.43. The van der Waals surface area contributed by atoms with Crippen LogP contribution < -0.4 is 15.8 Å². The summed E-state index contributed by atoms with van der Waals surface area (Å²) in [6.45, 7) is 4.08. The fourth-order valence-electron chi connectivity index (χ4n) is 3.07. The smallest absolute Gasteiger partial charge is 0.338 e. The molecule has 0 aliphatic heterocycles. The summed E-state index contributed by atoms with van der Waals surface area (Å²) >= 11 is 0. The molecule has 0 amide bonds. The van der Waals surface area contributed by atoms with Crippen LogP contribution in [0.4, 0.5) is 24.5 Å². The number of hydrogen-bond acceptors (Lipinski definition) is 3. The Hall–Kier alpha value is -2.89. The lowest BCUT2D eigenvalue weighted by Crippen LogP contribution is -2.40. The Balaban J connectivity index is 2.13. The van der Waals surface area contributed by atoms with Gasteiger partial charge in [0.2, 0.25) is 5.43 Å². The number of rotatable bonds is 5. The molecule has 6 heteroatoms. The molecule has 140 valence electrons. The molecule has 3 rings (SSSR count). The lowest BCUT2D eigenvalue weighted by Gasteiger charge is -2.28. The molecule has 0 bridgehead atoms. The number of aryl methyl sites for hydroxylation is 1. The molecule has 0 aliphatic rings. The van der Waals surface area contributed by atoms with Crippen molar-refractivity contribution in [2.45, 2.75) is 26.4 Å². The molecule has 27 heavy (non-hydrogen) atoms. The van der Waals surface area contributed by atoms with Crippen molar-refractivity contribution < 1.29 is 13.2 Å². The number of hydrogen-bond donors (Lipinski definition) is 0. The summed E-state index contributed by atoms with van der Waals surface area (Å²) in [5.41, 5.74) is 0.175. The van der Waals surface area contributed by atoms with Crippen molar-refractivity contribution in [3.63, 3.8) is 0 Å². The van der Waals surface area contributed by atoms with Crippen molar-refractivity contribution in [2.24, 2.45) is 0 Å². The van der Waals surface area contributed by atoms with Crippen LogP contribution in [-0.4, -0.2) is 6.54 Å². The minimum atomic E-state index is -4.48. The van der Waals surface area contributed by atoms with Crippen molar-refractivity contribution in [3.8, 4) is 11.1 Å². The first-order chi connectivity index (χ1) is 12.7. The van der Waals surface area contributed by atoms with Crippen LogP contribution in [0.25, 0.3) is 11.1 Å². The summed E-state index contributed by atoms with van der Waals surface area (Å²) < 4.78 is 39.2. The number of anilines is 2. The van der Waals surface area contributed by atoms with Gasteiger partial charge in [0.15, 0.2) is 0 Å². The predicted molar refractivity (Wildman–Crippen MR) is 100 cm³/mol. The predicted octanol–water partition coefficient (Wildman–Crippen LogP) is 4.82. The molecule has 0 saturated heterocycles. The maximum absolute atomic E-state index is 13.1. The Morgan fingerprint density at radius 3 is 2.22 bits per heavy atom. The van der Waals surface area contributed by atoms with E-state index in [9.17, 15) is 22.8 Å². The second-order valence-electron chi connectivity index (χ2n) is 6.45. The summed E-state index contributed by atoms with van der Waals surface area (Å²) in [6, 6.07) is 11.9. The van der Waals surface area contributed by atoms with Gasteiger partial charge in [-0.25, -0.2) is 0 Å². The highest BCUT2D eigenvalue weighted by Crippen LogP contribution is 2.36. The first-order valence-electron chi connectivity index (χ1n) is 8.59. The van der Waals surface area contributed by atoms with Gasteiger partial charge < -0.3 is 4.90 Å². The van der Waals surface area contributed by atoms with E-state index in [4.69, 9.17) is 0 Å². The van der Waals surface area contributed by atoms with Gasteiger partial charge in [-0.15, -0.1) is 0 Å². The van der Waals surface area contributed by atoms with Gasteiger partial charge in [0.1, 0.15) is 5.69 Å². The number of nitrogens with zero attached hydrogens (tertiary/aromatic N) is 1. The SMILES string of the molecule is CCCN(c1cccc(C(F)(F)F)c1)c1c(-c2ccc(C)cc2)c(=O)c1=O. The fourth-order valence-corrected chi connectivity index (χ4v) is 3.07. The number of alkyl halides is 3.